The monoisotopic (exact) mass is 147 g/mol. The molecule has 1 aromatic heterocycles. The standard InChI is InChI=1S/C10H13N/c1-7-6-11(10-4-5-10)9(3)8(7)2/h6,10H,2-5H2,1H3. The van der Waals surface area contributed by atoms with E-state index in [9.17, 15) is 0 Å². The Balaban J connectivity index is 2.65. The number of nitrogens with zero attached hydrogens (tertiary/aromatic N) is 1. The van der Waals surface area contributed by atoms with Gasteiger partial charge in [0.2, 0.25) is 0 Å². The van der Waals surface area contributed by atoms with E-state index in [1.54, 1.807) is 0 Å². The van der Waals surface area contributed by atoms with E-state index in [-0.39, 0.29) is 0 Å². The molecule has 0 atom stereocenters. The molecule has 0 bridgehead atoms. The summed E-state index contributed by atoms with van der Waals surface area (Å²) in [6, 6.07) is 0.733. The Labute approximate surface area is 66.7 Å². The van der Waals surface area contributed by atoms with Crippen LogP contribution in [0.1, 0.15) is 24.4 Å². The van der Waals surface area contributed by atoms with Gasteiger partial charge < -0.3 is 4.57 Å². The topological polar surface area (TPSA) is 4.93 Å². The molecule has 0 spiro atoms. The molecule has 0 N–H and O–H groups in total. The van der Waals surface area contributed by atoms with Gasteiger partial charge in [-0.3, -0.25) is 0 Å². The number of hydrogen-bond donors (Lipinski definition) is 0. The van der Waals surface area contributed by atoms with Crippen molar-refractivity contribution in [2.24, 2.45) is 0 Å². The van der Waals surface area contributed by atoms with E-state index in [1.807, 2.05) is 0 Å². The van der Waals surface area contributed by atoms with Crippen LogP contribution in [0.5, 0.6) is 0 Å². The second-order valence-corrected chi connectivity index (χ2v) is 3.38. The van der Waals surface area contributed by atoms with Crippen LogP contribution in [0.4, 0.5) is 0 Å². The zero-order valence-corrected chi connectivity index (χ0v) is 6.93. The highest BCUT2D eigenvalue weighted by Crippen LogP contribution is 2.33. The molecule has 0 saturated heterocycles. The fraction of sp³-hybridized carbons (Fsp3) is 0.400. The molecule has 58 valence electrons. The average molecular weight is 147 g/mol. The van der Waals surface area contributed by atoms with Crippen LogP contribution in [0.3, 0.4) is 0 Å². The fourth-order valence-corrected chi connectivity index (χ4v) is 1.43. The van der Waals surface area contributed by atoms with Crippen LogP contribution >= 0.6 is 0 Å². The van der Waals surface area contributed by atoms with Crippen molar-refractivity contribution >= 4 is 13.2 Å². The lowest BCUT2D eigenvalue weighted by atomic mass is 10.3. The van der Waals surface area contributed by atoms with Crippen molar-refractivity contribution in [1.29, 1.82) is 0 Å². The maximum absolute atomic E-state index is 4.00. The van der Waals surface area contributed by atoms with Crippen molar-refractivity contribution in [1.82, 2.24) is 4.57 Å². The highest BCUT2D eigenvalue weighted by molar-refractivity contribution is 5.21. The molecule has 1 aliphatic carbocycles. The van der Waals surface area contributed by atoms with Gasteiger partial charge in [-0.2, -0.15) is 0 Å². The van der Waals surface area contributed by atoms with Gasteiger partial charge in [0.25, 0.3) is 0 Å². The van der Waals surface area contributed by atoms with Gasteiger partial charge in [-0.15, -0.1) is 0 Å². The van der Waals surface area contributed by atoms with Crippen LogP contribution in [-0.2, 0) is 0 Å². The molecule has 0 aliphatic heterocycles. The Morgan fingerprint density at radius 1 is 1.45 bits per heavy atom. The predicted molar refractivity (Wildman–Crippen MR) is 47.7 cm³/mol. The summed E-state index contributed by atoms with van der Waals surface area (Å²) < 4.78 is 2.26. The number of aromatic nitrogens is 1. The fourth-order valence-electron chi connectivity index (χ4n) is 1.43. The van der Waals surface area contributed by atoms with Crippen molar-refractivity contribution in [2.75, 3.05) is 0 Å². The van der Waals surface area contributed by atoms with Gasteiger partial charge in [0.05, 0.1) is 0 Å². The molecule has 1 aliphatic rings. The molecule has 0 aromatic carbocycles. The third-order valence-corrected chi connectivity index (χ3v) is 2.41. The third kappa shape index (κ3) is 0.917. The lowest BCUT2D eigenvalue weighted by Gasteiger charge is -1.96. The highest BCUT2D eigenvalue weighted by atomic mass is 15.0. The molecule has 1 saturated carbocycles. The van der Waals surface area contributed by atoms with E-state index in [2.05, 4.69) is 30.8 Å². The van der Waals surface area contributed by atoms with E-state index in [1.165, 1.54) is 18.4 Å². The smallest absolute Gasteiger partial charge is 0.0406 e. The number of aryl methyl sites for hydroxylation is 1. The first kappa shape index (κ1) is 6.71. The summed E-state index contributed by atoms with van der Waals surface area (Å²) in [6.07, 6.45) is 4.80. The molecule has 2 rings (SSSR count). The normalized spacial score (nSPS) is 17.2. The maximum Gasteiger partial charge on any atom is 0.0406 e. The summed E-state index contributed by atoms with van der Waals surface area (Å²) >= 11 is 0. The van der Waals surface area contributed by atoms with Crippen molar-refractivity contribution in [3.05, 3.63) is 22.3 Å². The molecule has 1 heterocycles. The summed E-state index contributed by atoms with van der Waals surface area (Å²) in [5.74, 6) is 0. The molecule has 1 aromatic rings. The molecular weight excluding hydrogens is 134 g/mol. The first-order chi connectivity index (χ1) is 5.20. The van der Waals surface area contributed by atoms with Gasteiger partial charge in [-0.1, -0.05) is 13.2 Å². The number of hydrogen-bond acceptors (Lipinski definition) is 0. The Kier molecular flexibility index (Phi) is 1.22. The lowest BCUT2D eigenvalue weighted by Crippen LogP contribution is -2.26. The molecule has 1 fully saturated rings. The molecule has 0 amide bonds. The SMILES string of the molecule is C=c1c(C)cn(C2CC2)c1=C. The summed E-state index contributed by atoms with van der Waals surface area (Å²) in [4.78, 5) is 0. The summed E-state index contributed by atoms with van der Waals surface area (Å²) in [5.41, 5.74) is 1.27. The van der Waals surface area contributed by atoms with Crippen molar-refractivity contribution in [3.8, 4) is 0 Å². The lowest BCUT2D eigenvalue weighted by molar-refractivity contribution is 0.724. The zero-order chi connectivity index (χ0) is 8.01. The minimum absolute atomic E-state index is 0.733. The van der Waals surface area contributed by atoms with Gasteiger partial charge in [0.15, 0.2) is 0 Å². The maximum atomic E-state index is 4.00. The largest absolute Gasteiger partial charge is 0.345 e. The Morgan fingerprint density at radius 3 is 2.45 bits per heavy atom. The third-order valence-electron chi connectivity index (χ3n) is 2.41. The van der Waals surface area contributed by atoms with Crippen LogP contribution in [0.25, 0.3) is 13.2 Å². The van der Waals surface area contributed by atoms with E-state index in [4.69, 9.17) is 0 Å². The van der Waals surface area contributed by atoms with Gasteiger partial charge in [0, 0.05) is 17.6 Å². The molecule has 1 heteroatoms. The first-order valence-electron chi connectivity index (χ1n) is 4.05. The predicted octanol–water partition coefficient (Wildman–Crippen LogP) is 0.952. The first-order valence-corrected chi connectivity index (χ1v) is 4.05. The number of rotatable bonds is 1. The minimum atomic E-state index is 0.733. The average Bonchev–Trinajstić information content (AvgIpc) is 2.76. The van der Waals surface area contributed by atoms with Crippen LogP contribution in [0, 0.1) is 6.92 Å². The Bertz CT molecular complexity index is 368. The second-order valence-electron chi connectivity index (χ2n) is 3.38. The Morgan fingerprint density at radius 2 is 2.09 bits per heavy atom. The molecule has 0 unspecified atom stereocenters. The van der Waals surface area contributed by atoms with E-state index in [0.29, 0.717) is 0 Å². The summed E-state index contributed by atoms with van der Waals surface area (Å²) in [7, 11) is 0. The summed E-state index contributed by atoms with van der Waals surface area (Å²) in [6.45, 7) is 10.1. The van der Waals surface area contributed by atoms with Crippen LogP contribution < -0.4 is 10.6 Å². The Hall–Kier alpha value is -0.980. The molecule has 11 heavy (non-hydrogen) atoms. The molecule has 0 radical (unpaired) electrons. The van der Waals surface area contributed by atoms with Crippen molar-refractivity contribution < 1.29 is 0 Å². The zero-order valence-electron chi connectivity index (χ0n) is 6.93. The van der Waals surface area contributed by atoms with Crippen LogP contribution in [0.15, 0.2) is 6.20 Å². The van der Waals surface area contributed by atoms with Gasteiger partial charge in [-0.05, 0) is 30.5 Å². The van der Waals surface area contributed by atoms with Gasteiger partial charge in [-0.25, -0.2) is 0 Å². The van der Waals surface area contributed by atoms with E-state index < -0.39 is 0 Å². The summed E-state index contributed by atoms with van der Waals surface area (Å²) in [5, 5.41) is 2.21. The minimum Gasteiger partial charge on any atom is -0.345 e. The highest BCUT2D eigenvalue weighted by Gasteiger charge is 2.23. The van der Waals surface area contributed by atoms with E-state index >= 15 is 0 Å². The van der Waals surface area contributed by atoms with Crippen LogP contribution in [-0.4, -0.2) is 4.57 Å². The van der Waals surface area contributed by atoms with Gasteiger partial charge in [0.1, 0.15) is 0 Å². The molecular formula is C10H13N. The van der Waals surface area contributed by atoms with Crippen molar-refractivity contribution in [3.63, 3.8) is 0 Å². The van der Waals surface area contributed by atoms with Crippen LogP contribution in [0.2, 0.25) is 0 Å². The quantitative estimate of drug-likeness (QED) is 0.557. The molecule has 1 nitrogen and oxygen atoms in total. The van der Waals surface area contributed by atoms with E-state index in [0.717, 1.165) is 16.6 Å². The second kappa shape index (κ2) is 2.00. The van der Waals surface area contributed by atoms with Crippen molar-refractivity contribution in [2.45, 2.75) is 25.8 Å². The van der Waals surface area contributed by atoms with Gasteiger partial charge >= 0.3 is 0 Å².